The lowest BCUT2D eigenvalue weighted by atomic mass is 9.98. The van der Waals surface area contributed by atoms with Crippen LogP contribution in [-0.4, -0.2) is 21.1 Å². The smallest absolute Gasteiger partial charge is 0.114 e. The average molecular weight is 240 g/mol. The van der Waals surface area contributed by atoms with Gasteiger partial charge in [0.25, 0.3) is 0 Å². The lowest BCUT2D eigenvalue weighted by molar-refractivity contribution is 0.765. The zero-order chi connectivity index (χ0) is 12.5. The van der Waals surface area contributed by atoms with E-state index in [1.807, 2.05) is 6.20 Å². The van der Waals surface area contributed by atoms with Gasteiger partial charge in [-0.2, -0.15) is 0 Å². The normalized spacial score (nSPS) is 13.0. The summed E-state index contributed by atoms with van der Waals surface area (Å²) in [5, 5.41) is 1.24. The maximum Gasteiger partial charge on any atom is 0.114 e. The Labute approximate surface area is 105 Å². The van der Waals surface area contributed by atoms with Gasteiger partial charge in [-0.05, 0) is 11.6 Å². The number of aryl methyl sites for hydroxylation is 1. The second-order valence-corrected chi connectivity index (χ2v) is 4.48. The maximum absolute atomic E-state index is 5.93. The number of aromatic amines is 1. The molecule has 92 valence electrons. The van der Waals surface area contributed by atoms with Crippen LogP contribution in [0.4, 0.5) is 0 Å². The molecule has 0 saturated carbocycles. The molecule has 0 radical (unpaired) electrons. The minimum absolute atomic E-state index is 0.117. The van der Waals surface area contributed by atoms with Gasteiger partial charge in [-0.1, -0.05) is 18.2 Å². The van der Waals surface area contributed by atoms with Crippen LogP contribution in [0.5, 0.6) is 0 Å². The summed E-state index contributed by atoms with van der Waals surface area (Å²) in [5.41, 5.74) is 8.37. The van der Waals surface area contributed by atoms with E-state index in [1.54, 1.807) is 6.20 Å². The number of fused-ring (bicyclic) bond motifs is 1. The van der Waals surface area contributed by atoms with Crippen molar-refractivity contribution in [2.24, 2.45) is 12.8 Å². The summed E-state index contributed by atoms with van der Waals surface area (Å²) >= 11 is 0. The number of nitrogens with one attached hydrogen (secondary N) is 1. The van der Waals surface area contributed by atoms with Crippen molar-refractivity contribution in [2.45, 2.75) is 5.92 Å². The molecule has 0 aliphatic carbocycles. The molecule has 0 bridgehead atoms. The number of imidazole rings is 1. The highest BCUT2D eigenvalue weighted by molar-refractivity contribution is 5.84. The van der Waals surface area contributed by atoms with E-state index in [0.29, 0.717) is 6.54 Å². The Morgan fingerprint density at radius 3 is 2.94 bits per heavy atom. The van der Waals surface area contributed by atoms with Crippen molar-refractivity contribution in [3.8, 4) is 0 Å². The van der Waals surface area contributed by atoms with Gasteiger partial charge in [0.05, 0.1) is 5.92 Å². The Hall–Kier alpha value is -2.07. The van der Waals surface area contributed by atoms with Gasteiger partial charge in [-0.3, -0.25) is 0 Å². The second-order valence-electron chi connectivity index (χ2n) is 4.48. The number of nitrogens with zero attached hydrogens (tertiary/aromatic N) is 2. The molecule has 0 amide bonds. The molecule has 1 aromatic carbocycles. The van der Waals surface area contributed by atoms with E-state index < -0.39 is 0 Å². The number of nitrogens with two attached hydrogens (primary N) is 1. The molecule has 1 atom stereocenters. The molecule has 2 heterocycles. The number of aromatic nitrogens is 3. The van der Waals surface area contributed by atoms with E-state index in [0.717, 1.165) is 5.82 Å². The van der Waals surface area contributed by atoms with Crippen LogP contribution in [0.25, 0.3) is 10.9 Å². The summed E-state index contributed by atoms with van der Waals surface area (Å²) in [6, 6.07) is 8.36. The van der Waals surface area contributed by atoms with E-state index >= 15 is 0 Å². The van der Waals surface area contributed by atoms with Gasteiger partial charge in [0.15, 0.2) is 0 Å². The zero-order valence-corrected chi connectivity index (χ0v) is 10.3. The molecule has 0 fully saturated rings. The average Bonchev–Trinajstić information content (AvgIpc) is 3.01. The molecule has 4 nitrogen and oxygen atoms in total. The van der Waals surface area contributed by atoms with Crippen LogP contribution in [0.2, 0.25) is 0 Å². The fourth-order valence-electron chi connectivity index (χ4n) is 2.50. The van der Waals surface area contributed by atoms with Crippen molar-refractivity contribution in [1.82, 2.24) is 14.5 Å². The topological polar surface area (TPSA) is 59.6 Å². The lowest BCUT2D eigenvalue weighted by Gasteiger charge is -2.11. The molecule has 2 aromatic heterocycles. The number of hydrogen-bond donors (Lipinski definition) is 2. The second kappa shape index (κ2) is 4.31. The van der Waals surface area contributed by atoms with Gasteiger partial charge >= 0.3 is 0 Å². The van der Waals surface area contributed by atoms with Crippen LogP contribution < -0.4 is 5.73 Å². The molecule has 18 heavy (non-hydrogen) atoms. The predicted molar refractivity (Wildman–Crippen MR) is 72.4 cm³/mol. The number of hydrogen-bond acceptors (Lipinski definition) is 2. The molecular formula is C14H16N4. The molecule has 3 N–H and O–H groups in total. The predicted octanol–water partition coefficient (Wildman–Crippen LogP) is 1.99. The van der Waals surface area contributed by atoms with Crippen LogP contribution in [0.15, 0.2) is 42.9 Å². The highest BCUT2D eigenvalue weighted by Crippen LogP contribution is 2.29. The fourth-order valence-corrected chi connectivity index (χ4v) is 2.50. The Morgan fingerprint density at radius 1 is 1.39 bits per heavy atom. The van der Waals surface area contributed by atoms with Crippen molar-refractivity contribution in [3.05, 3.63) is 54.2 Å². The number of H-pyrrole nitrogens is 1. The summed E-state index contributed by atoms with van der Waals surface area (Å²) in [4.78, 5) is 7.50. The molecule has 3 rings (SSSR count). The summed E-state index contributed by atoms with van der Waals surface area (Å²) in [5.74, 6) is 1.04. The third-order valence-electron chi connectivity index (χ3n) is 3.39. The van der Waals surface area contributed by atoms with Crippen molar-refractivity contribution in [3.63, 3.8) is 0 Å². The quantitative estimate of drug-likeness (QED) is 0.735. The maximum atomic E-state index is 5.93. The molecule has 0 saturated heterocycles. The monoisotopic (exact) mass is 240 g/mol. The lowest BCUT2D eigenvalue weighted by Crippen LogP contribution is -2.15. The van der Waals surface area contributed by atoms with Gasteiger partial charge in [0, 0.05) is 43.1 Å². The van der Waals surface area contributed by atoms with E-state index in [2.05, 4.69) is 52.0 Å². The van der Waals surface area contributed by atoms with E-state index in [9.17, 15) is 0 Å². The summed E-state index contributed by atoms with van der Waals surface area (Å²) < 4.78 is 2.14. The Kier molecular flexibility index (Phi) is 2.64. The Bertz CT molecular complexity index is 652. The Morgan fingerprint density at radius 2 is 2.22 bits per heavy atom. The SMILES string of the molecule is Cn1cc(C(CN)c2ncc[nH]2)c2ccccc21. The summed E-state index contributed by atoms with van der Waals surface area (Å²) in [7, 11) is 2.06. The standard InChI is InChI=1S/C14H16N4/c1-18-9-12(10-4-2-3-5-13(10)18)11(8-15)14-16-6-7-17-14/h2-7,9,11H,8,15H2,1H3,(H,16,17). The van der Waals surface area contributed by atoms with Crippen molar-refractivity contribution in [1.29, 1.82) is 0 Å². The van der Waals surface area contributed by atoms with Gasteiger partial charge < -0.3 is 15.3 Å². The van der Waals surface area contributed by atoms with Gasteiger partial charge in [-0.15, -0.1) is 0 Å². The minimum Gasteiger partial charge on any atom is -0.350 e. The van der Waals surface area contributed by atoms with Crippen LogP contribution in [0.1, 0.15) is 17.3 Å². The van der Waals surface area contributed by atoms with Gasteiger partial charge in [0.1, 0.15) is 5.82 Å². The molecule has 4 heteroatoms. The van der Waals surface area contributed by atoms with E-state index in [4.69, 9.17) is 5.73 Å². The molecule has 0 spiro atoms. The molecule has 0 aliphatic rings. The number of para-hydroxylation sites is 1. The zero-order valence-electron chi connectivity index (χ0n) is 10.3. The highest BCUT2D eigenvalue weighted by atomic mass is 14.9. The molecule has 0 aliphatic heterocycles. The number of rotatable bonds is 3. The van der Waals surface area contributed by atoms with Crippen LogP contribution in [0.3, 0.4) is 0 Å². The number of benzene rings is 1. The van der Waals surface area contributed by atoms with E-state index in [-0.39, 0.29) is 5.92 Å². The highest BCUT2D eigenvalue weighted by Gasteiger charge is 2.19. The molecular weight excluding hydrogens is 224 g/mol. The Balaban J connectivity index is 2.19. The minimum atomic E-state index is 0.117. The van der Waals surface area contributed by atoms with Crippen LogP contribution in [-0.2, 0) is 7.05 Å². The molecule has 3 aromatic rings. The first-order valence-electron chi connectivity index (χ1n) is 6.04. The van der Waals surface area contributed by atoms with Crippen molar-refractivity contribution < 1.29 is 0 Å². The van der Waals surface area contributed by atoms with E-state index in [1.165, 1.54) is 16.5 Å². The first-order valence-corrected chi connectivity index (χ1v) is 6.04. The van der Waals surface area contributed by atoms with Crippen LogP contribution in [0, 0.1) is 0 Å². The summed E-state index contributed by atoms with van der Waals surface area (Å²) in [6.07, 6.45) is 5.75. The third-order valence-corrected chi connectivity index (χ3v) is 3.39. The van der Waals surface area contributed by atoms with Crippen molar-refractivity contribution >= 4 is 10.9 Å². The first kappa shape index (κ1) is 11.0. The first-order chi connectivity index (χ1) is 8.81. The molecule has 1 unspecified atom stereocenters. The van der Waals surface area contributed by atoms with Gasteiger partial charge in [0.2, 0.25) is 0 Å². The largest absolute Gasteiger partial charge is 0.350 e. The van der Waals surface area contributed by atoms with Gasteiger partial charge in [-0.25, -0.2) is 4.98 Å². The fraction of sp³-hybridized carbons (Fsp3) is 0.214. The summed E-state index contributed by atoms with van der Waals surface area (Å²) in [6.45, 7) is 0.543. The third kappa shape index (κ3) is 1.62. The van der Waals surface area contributed by atoms with Crippen LogP contribution >= 0.6 is 0 Å². The van der Waals surface area contributed by atoms with Crippen molar-refractivity contribution in [2.75, 3.05) is 6.54 Å².